The van der Waals surface area contributed by atoms with Crippen LogP contribution in [-0.4, -0.2) is 38.0 Å². The maximum absolute atomic E-state index is 13.0. The van der Waals surface area contributed by atoms with Crippen molar-refractivity contribution in [2.24, 2.45) is 0 Å². The van der Waals surface area contributed by atoms with Gasteiger partial charge < -0.3 is 14.8 Å². The van der Waals surface area contributed by atoms with E-state index in [0.717, 1.165) is 10.9 Å². The largest absolute Gasteiger partial charge is 0.480 e. The number of unbranched alkanes of at least 4 members (excludes halogenated alkanes) is 1. The summed E-state index contributed by atoms with van der Waals surface area (Å²) < 4.78 is 34.0. The summed E-state index contributed by atoms with van der Waals surface area (Å²) in [5.41, 5.74) is 3.46. The van der Waals surface area contributed by atoms with Gasteiger partial charge in [0, 0.05) is 23.7 Å². The van der Waals surface area contributed by atoms with Crippen molar-refractivity contribution >= 4 is 43.8 Å². The number of para-hydroxylation sites is 1. The van der Waals surface area contributed by atoms with E-state index >= 15 is 0 Å². The number of carboxylic acid groups (broad SMARTS) is 1. The molecular formula is C28H30N2O6S. The van der Waals surface area contributed by atoms with Crippen LogP contribution in [0.15, 0.2) is 76.0 Å². The number of furan rings is 1. The molecule has 0 bridgehead atoms. The van der Waals surface area contributed by atoms with E-state index in [0.29, 0.717) is 48.8 Å². The fraction of sp³-hybridized carbons (Fsp3) is 0.286. The minimum absolute atomic E-state index is 0.0290. The Morgan fingerprint density at radius 1 is 0.946 bits per heavy atom. The summed E-state index contributed by atoms with van der Waals surface area (Å²) in [5.74, 6) is -1.32. The maximum atomic E-state index is 13.0. The first-order valence-electron chi connectivity index (χ1n) is 12.2. The smallest absolute Gasteiger partial charge is 0.321 e. The SMILES string of the molecule is Cc1ccc(CCC(=O)NCCCCC(NS(=O)(=O)c2ccc3oc4ccccc4c3c2)C(=O)O)cc1. The Hall–Kier alpha value is -3.69. The van der Waals surface area contributed by atoms with Crippen molar-refractivity contribution in [3.8, 4) is 0 Å². The van der Waals surface area contributed by atoms with Crippen LogP contribution in [0, 0.1) is 6.92 Å². The number of nitrogens with one attached hydrogen (secondary N) is 2. The highest BCUT2D eigenvalue weighted by Gasteiger charge is 2.25. The first-order chi connectivity index (χ1) is 17.7. The zero-order chi connectivity index (χ0) is 26.4. The van der Waals surface area contributed by atoms with Crippen molar-refractivity contribution in [3.05, 3.63) is 77.9 Å². The number of carbonyl (C=O) groups is 2. The molecule has 1 aromatic heterocycles. The molecular weight excluding hydrogens is 492 g/mol. The van der Waals surface area contributed by atoms with Crippen LogP contribution in [0.5, 0.6) is 0 Å². The van der Waals surface area contributed by atoms with E-state index in [-0.39, 0.29) is 17.2 Å². The molecule has 9 heteroatoms. The lowest BCUT2D eigenvalue weighted by Gasteiger charge is -2.15. The van der Waals surface area contributed by atoms with Gasteiger partial charge in [0.05, 0.1) is 4.90 Å². The van der Waals surface area contributed by atoms with E-state index < -0.39 is 22.0 Å². The number of carbonyl (C=O) groups excluding carboxylic acids is 1. The van der Waals surface area contributed by atoms with Crippen molar-refractivity contribution in [2.45, 2.75) is 50.0 Å². The first-order valence-corrected chi connectivity index (χ1v) is 13.7. The fourth-order valence-corrected chi connectivity index (χ4v) is 5.41. The minimum Gasteiger partial charge on any atom is -0.480 e. The van der Waals surface area contributed by atoms with E-state index in [1.165, 1.54) is 17.7 Å². The Labute approximate surface area is 215 Å². The van der Waals surface area contributed by atoms with E-state index in [4.69, 9.17) is 4.42 Å². The third-order valence-corrected chi connectivity index (χ3v) is 7.73. The average Bonchev–Trinajstić information content (AvgIpc) is 3.25. The highest BCUT2D eigenvalue weighted by atomic mass is 32.2. The van der Waals surface area contributed by atoms with Crippen LogP contribution >= 0.6 is 0 Å². The van der Waals surface area contributed by atoms with Crippen LogP contribution in [0.3, 0.4) is 0 Å². The molecule has 0 spiro atoms. The number of rotatable bonds is 12. The summed E-state index contributed by atoms with van der Waals surface area (Å²) in [4.78, 5) is 23.8. The second-order valence-electron chi connectivity index (χ2n) is 9.10. The Kier molecular flexibility index (Phi) is 8.25. The van der Waals surface area contributed by atoms with Crippen LogP contribution in [-0.2, 0) is 26.0 Å². The van der Waals surface area contributed by atoms with E-state index in [9.17, 15) is 23.1 Å². The van der Waals surface area contributed by atoms with E-state index in [1.807, 2.05) is 49.4 Å². The van der Waals surface area contributed by atoms with Crippen molar-refractivity contribution in [2.75, 3.05) is 6.54 Å². The Morgan fingerprint density at radius 2 is 1.68 bits per heavy atom. The number of aryl methyl sites for hydroxylation is 2. The molecule has 3 N–H and O–H groups in total. The number of hydrogen-bond acceptors (Lipinski definition) is 5. The third-order valence-electron chi connectivity index (χ3n) is 6.26. The van der Waals surface area contributed by atoms with Gasteiger partial charge in [-0.2, -0.15) is 4.72 Å². The maximum Gasteiger partial charge on any atom is 0.321 e. The molecule has 37 heavy (non-hydrogen) atoms. The molecule has 1 heterocycles. The van der Waals surface area contributed by atoms with Gasteiger partial charge in [-0.15, -0.1) is 0 Å². The first kappa shape index (κ1) is 26.4. The predicted molar refractivity (Wildman–Crippen MR) is 142 cm³/mol. The summed E-state index contributed by atoms with van der Waals surface area (Å²) in [5, 5.41) is 13.9. The molecule has 194 valence electrons. The van der Waals surface area contributed by atoms with Gasteiger partial charge in [-0.1, -0.05) is 48.0 Å². The van der Waals surface area contributed by atoms with E-state index in [2.05, 4.69) is 10.0 Å². The molecule has 4 aromatic rings. The predicted octanol–water partition coefficient (Wildman–Crippen LogP) is 4.55. The Balaban J connectivity index is 1.28. The number of fused-ring (bicyclic) bond motifs is 3. The number of aliphatic carboxylic acids is 1. The van der Waals surface area contributed by atoms with Gasteiger partial charge in [0.2, 0.25) is 15.9 Å². The quantitative estimate of drug-likeness (QED) is 0.235. The van der Waals surface area contributed by atoms with Gasteiger partial charge >= 0.3 is 5.97 Å². The van der Waals surface area contributed by atoms with Crippen molar-refractivity contribution in [3.63, 3.8) is 0 Å². The van der Waals surface area contributed by atoms with Gasteiger partial charge in [-0.05, 0) is 62.4 Å². The molecule has 4 rings (SSSR count). The van der Waals surface area contributed by atoms with Crippen molar-refractivity contribution in [1.82, 2.24) is 10.0 Å². The number of amides is 1. The minimum atomic E-state index is -4.08. The standard InChI is InChI=1S/C28H30N2O6S/c1-19-9-11-20(12-10-19)13-16-27(31)29-17-5-4-7-24(28(32)33)30-37(34,35)21-14-15-26-23(18-21)22-6-2-3-8-25(22)36-26/h2-3,6,8-12,14-15,18,24,30H,4-5,7,13,16-17H2,1H3,(H,29,31)(H,32,33). The highest BCUT2D eigenvalue weighted by Crippen LogP contribution is 2.30. The lowest BCUT2D eigenvalue weighted by atomic mass is 10.1. The lowest BCUT2D eigenvalue weighted by Crippen LogP contribution is -2.40. The summed E-state index contributed by atoms with van der Waals surface area (Å²) in [6.45, 7) is 2.41. The van der Waals surface area contributed by atoms with Crippen LogP contribution < -0.4 is 10.0 Å². The summed E-state index contributed by atoms with van der Waals surface area (Å²) in [6.07, 6.45) is 2.09. The highest BCUT2D eigenvalue weighted by molar-refractivity contribution is 7.89. The molecule has 0 saturated heterocycles. The Bertz CT molecular complexity index is 1510. The van der Waals surface area contributed by atoms with Gasteiger partial charge in [-0.25, -0.2) is 8.42 Å². The molecule has 3 aromatic carbocycles. The van der Waals surface area contributed by atoms with Crippen LogP contribution in [0.25, 0.3) is 21.9 Å². The molecule has 0 aliphatic rings. The van der Waals surface area contributed by atoms with Gasteiger partial charge in [0.15, 0.2) is 0 Å². The topological polar surface area (TPSA) is 126 Å². The normalized spacial score (nSPS) is 12.6. The second-order valence-corrected chi connectivity index (χ2v) is 10.8. The summed E-state index contributed by atoms with van der Waals surface area (Å²) >= 11 is 0. The summed E-state index contributed by atoms with van der Waals surface area (Å²) in [7, 11) is -4.08. The molecule has 0 saturated carbocycles. The average molecular weight is 523 g/mol. The van der Waals surface area contributed by atoms with Crippen LogP contribution in [0.2, 0.25) is 0 Å². The zero-order valence-electron chi connectivity index (χ0n) is 20.6. The fourth-order valence-electron chi connectivity index (χ4n) is 4.16. The van der Waals surface area contributed by atoms with E-state index in [1.54, 1.807) is 12.1 Å². The molecule has 1 atom stereocenters. The number of benzene rings is 3. The second kappa shape index (κ2) is 11.6. The van der Waals surface area contributed by atoms with Gasteiger partial charge in [-0.3, -0.25) is 9.59 Å². The molecule has 0 fully saturated rings. The molecule has 0 aliphatic carbocycles. The number of sulfonamides is 1. The van der Waals surface area contributed by atoms with Gasteiger partial charge in [0.1, 0.15) is 17.2 Å². The van der Waals surface area contributed by atoms with Crippen molar-refractivity contribution < 1.29 is 27.5 Å². The van der Waals surface area contributed by atoms with Crippen molar-refractivity contribution in [1.29, 1.82) is 0 Å². The zero-order valence-corrected chi connectivity index (χ0v) is 21.4. The number of hydrogen-bond donors (Lipinski definition) is 3. The third kappa shape index (κ3) is 6.75. The Morgan fingerprint density at radius 3 is 2.43 bits per heavy atom. The molecule has 0 radical (unpaired) electrons. The van der Waals surface area contributed by atoms with Crippen LogP contribution in [0.4, 0.5) is 0 Å². The molecule has 1 unspecified atom stereocenters. The van der Waals surface area contributed by atoms with Gasteiger partial charge in [0.25, 0.3) is 0 Å². The molecule has 1 amide bonds. The molecule has 0 aliphatic heterocycles. The van der Waals surface area contributed by atoms with Crippen LogP contribution in [0.1, 0.15) is 36.8 Å². The summed E-state index contributed by atoms with van der Waals surface area (Å²) in [6, 6.07) is 18.5. The monoisotopic (exact) mass is 522 g/mol. The number of carboxylic acids is 1. The molecule has 8 nitrogen and oxygen atoms in total. The lowest BCUT2D eigenvalue weighted by molar-refractivity contribution is -0.139.